The van der Waals surface area contributed by atoms with Gasteiger partial charge >= 0.3 is 0 Å². The van der Waals surface area contributed by atoms with E-state index >= 15 is 0 Å². The van der Waals surface area contributed by atoms with E-state index in [-0.39, 0.29) is 11.0 Å². The Hall–Kier alpha value is -1.36. The first-order chi connectivity index (χ1) is 12.0. The fourth-order valence-electron chi connectivity index (χ4n) is 4.84. The molecule has 0 atom stereocenters. The predicted octanol–water partition coefficient (Wildman–Crippen LogP) is 3.59. The van der Waals surface area contributed by atoms with Crippen LogP contribution in [-0.4, -0.2) is 45.9 Å². The zero-order chi connectivity index (χ0) is 18.1. The van der Waals surface area contributed by atoms with Crippen molar-refractivity contribution in [3.8, 4) is 0 Å². The van der Waals surface area contributed by atoms with Gasteiger partial charge in [-0.1, -0.05) is 20.8 Å². The molecule has 4 heterocycles. The third kappa shape index (κ3) is 3.35. The lowest BCUT2D eigenvalue weighted by Gasteiger charge is -2.58. The summed E-state index contributed by atoms with van der Waals surface area (Å²) < 4.78 is 7.90. The van der Waals surface area contributed by atoms with E-state index in [0.717, 1.165) is 58.2 Å². The minimum atomic E-state index is -0.110. The predicted molar refractivity (Wildman–Crippen MR) is 98.4 cm³/mol. The molecular formula is C20H33N3O2. The lowest BCUT2D eigenvalue weighted by molar-refractivity contribution is -0.221. The number of carbonyl (C=O) groups is 1. The Morgan fingerprint density at radius 1 is 1.32 bits per heavy atom. The minimum Gasteiger partial charge on any atom is -0.375 e. The Morgan fingerprint density at radius 3 is 2.56 bits per heavy atom. The zero-order valence-electron chi connectivity index (χ0n) is 16.3. The van der Waals surface area contributed by atoms with Gasteiger partial charge < -0.3 is 9.64 Å². The molecule has 1 aromatic heterocycles. The second kappa shape index (κ2) is 7.10. The summed E-state index contributed by atoms with van der Waals surface area (Å²) in [6.07, 6.45) is 9.92. The summed E-state index contributed by atoms with van der Waals surface area (Å²) in [6, 6.07) is 0.443. The van der Waals surface area contributed by atoms with Gasteiger partial charge in [-0.3, -0.25) is 9.48 Å². The van der Waals surface area contributed by atoms with Crippen molar-refractivity contribution >= 4 is 5.91 Å². The maximum Gasteiger partial charge on any atom is 0.229 e. The van der Waals surface area contributed by atoms with Gasteiger partial charge in [0.2, 0.25) is 5.91 Å². The summed E-state index contributed by atoms with van der Waals surface area (Å²) >= 11 is 0. The fourth-order valence-corrected chi connectivity index (χ4v) is 4.84. The second-order valence-corrected chi connectivity index (χ2v) is 7.89. The maximum atomic E-state index is 13.0. The van der Waals surface area contributed by atoms with E-state index in [1.807, 2.05) is 20.0 Å². The van der Waals surface area contributed by atoms with Gasteiger partial charge in [0.25, 0.3) is 0 Å². The summed E-state index contributed by atoms with van der Waals surface area (Å²) in [5.74, 6) is 0.381. The van der Waals surface area contributed by atoms with Crippen LogP contribution in [0.5, 0.6) is 0 Å². The van der Waals surface area contributed by atoms with Gasteiger partial charge in [-0.15, -0.1) is 0 Å². The molecule has 0 aromatic carbocycles. The van der Waals surface area contributed by atoms with Crippen LogP contribution in [-0.2, 0) is 16.0 Å². The van der Waals surface area contributed by atoms with Crippen LogP contribution < -0.4 is 0 Å². The average molecular weight is 348 g/mol. The molecule has 0 unspecified atom stereocenters. The van der Waals surface area contributed by atoms with Crippen LogP contribution in [0.4, 0.5) is 0 Å². The van der Waals surface area contributed by atoms with E-state index in [0.29, 0.717) is 11.9 Å². The summed E-state index contributed by atoms with van der Waals surface area (Å²) in [7, 11) is 0. The number of likely N-dealkylation sites (tertiary alicyclic amines) is 1. The summed E-state index contributed by atoms with van der Waals surface area (Å²) in [5, 5.41) is 4.50. The van der Waals surface area contributed by atoms with E-state index < -0.39 is 0 Å². The molecule has 2 bridgehead atoms. The molecule has 0 radical (unpaired) electrons. The number of fused-ring (bicyclic) bond motifs is 2. The van der Waals surface area contributed by atoms with Crippen LogP contribution in [0.3, 0.4) is 0 Å². The van der Waals surface area contributed by atoms with Crippen molar-refractivity contribution in [3.05, 3.63) is 18.0 Å². The minimum absolute atomic E-state index is 0.0299. The number of ether oxygens (including phenoxy) is 1. The van der Waals surface area contributed by atoms with Crippen molar-refractivity contribution in [3.63, 3.8) is 0 Å². The maximum absolute atomic E-state index is 13.0. The molecule has 1 saturated carbocycles. The number of nitrogens with zero attached hydrogens (tertiary/aromatic N) is 3. The molecular weight excluding hydrogens is 314 g/mol. The molecule has 1 aromatic rings. The first-order valence-corrected chi connectivity index (χ1v) is 10.00. The monoisotopic (exact) mass is 347 g/mol. The van der Waals surface area contributed by atoms with E-state index in [1.54, 1.807) is 0 Å². The fraction of sp³-hybridized carbons (Fsp3) is 0.800. The largest absolute Gasteiger partial charge is 0.375 e. The smallest absolute Gasteiger partial charge is 0.229 e. The summed E-state index contributed by atoms with van der Waals surface area (Å²) in [4.78, 5) is 15.1. The Morgan fingerprint density at radius 2 is 2.00 bits per heavy atom. The van der Waals surface area contributed by atoms with Crippen molar-refractivity contribution in [1.29, 1.82) is 0 Å². The van der Waals surface area contributed by atoms with Crippen molar-refractivity contribution in [1.82, 2.24) is 14.7 Å². The molecule has 4 fully saturated rings. The van der Waals surface area contributed by atoms with Crippen LogP contribution in [0, 0.1) is 5.41 Å². The second-order valence-electron chi connectivity index (χ2n) is 7.89. The lowest BCUT2D eigenvalue weighted by atomic mass is 9.55. The third-order valence-electron chi connectivity index (χ3n) is 6.10. The molecule has 5 nitrogen and oxygen atoms in total. The average Bonchev–Trinajstić information content (AvgIpc) is 3.11. The van der Waals surface area contributed by atoms with E-state index in [4.69, 9.17) is 4.74 Å². The van der Waals surface area contributed by atoms with E-state index in [1.165, 1.54) is 5.56 Å². The number of piperidine rings is 1. The summed E-state index contributed by atoms with van der Waals surface area (Å²) in [6.45, 7) is 10.8. The van der Waals surface area contributed by atoms with Gasteiger partial charge in [0, 0.05) is 25.9 Å². The molecule has 140 valence electrons. The molecule has 5 heteroatoms. The lowest BCUT2D eigenvalue weighted by Crippen LogP contribution is -2.63. The van der Waals surface area contributed by atoms with Gasteiger partial charge in [0.05, 0.1) is 23.3 Å². The molecule has 0 spiro atoms. The molecule has 0 N–H and O–H groups in total. The highest BCUT2D eigenvalue weighted by Gasteiger charge is 2.60. The highest BCUT2D eigenvalue weighted by Crippen LogP contribution is 2.57. The molecule has 5 rings (SSSR count). The van der Waals surface area contributed by atoms with Gasteiger partial charge in [-0.2, -0.15) is 5.10 Å². The van der Waals surface area contributed by atoms with Crippen molar-refractivity contribution in [2.45, 2.75) is 77.9 Å². The number of carbonyl (C=O) groups excluding carboxylic acids is 1. The summed E-state index contributed by atoms with van der Waals surface area (Å²) in [5.41, 5.74) is 1.15. The molecule has 1 aliphatic carbocycles. The van der Waals surface area contributed by atoms with Crippen molar-refractivity contribution in [2.75, 3.05) is 19.7 Å². The Balaban J connectivity index is 0.000000880. The zero-order valence-corrected chi connectivity index (χ0v) is 16.3. The highest BCUT2D eigenvalue weighted by atomic mass is 16.5. The van der Waals surface area contributed by atoms with Crippen LogP contribution in [0.25, 0.3) is 0 Å². The van der Waals surface area contributed by atoms with Gasteiger partial charge in [0.1, 0.15) is 0 Å². The van der Waals surface area contributed by atoms with Crippen LogP contribution in [0.1, 0.15) is 71.4 Å². The quantitative estimate of drug-likeness (QED) is 0.839. The van der Waals surface area contributed by atoms with Crippen molar-refractivity contribution < 1.29 is 9.53 Å². The van der Waals surface area contributed by atoms with Gasteiger partial charge in [0.15, 0.2) is 0 Å². The Bertz CT molecular complexity index is 596. The molecule has 3 aliphatic heterocycles. The molecule has 4 aliphatic rings. The number of aryl methyl sites for hydroxylation is 1. The number of hydrogen-bond acceptors (Lipinski definition) is 3. The standard InChI is InChI=1S/C18H27N3O2.C2H6/c1-3-14-10-19-21(11-14)15-4-7-20(8-5-15)16(22)18-6-9-23-17(2,12-18)13-18;1-2/h10-11,15H,3-9,12-13H2,1-2H3;1-2H3. The number of rotatable bonds is 3. The Labute approximate surface area is 151 Å². The van der Waals surface area contributed by atoms with Crippen LogP contribution in [0.15, 0.2) is 12.4 Å². The SMILES string of the molecule is CC.CCc1cnn(C2CCN(C(=O)C34CCOC(C)(C3)C4)CC2)c1. The van der Waals surface area contributed by atoms with Crippen molar-refractivity contribution in [2.24, 2.45) is 5.41 Å². The van der Waals surface area contributed by atoms with Gasteiger partial charge in [-0.25, -0.2) is 0 Å². The molecule has 1 amide bonds. The Kier molecular flexibility index (Phi) is 5.24. The first kappa shape index (κ1) is 18.4. The normalized spacial score (nSPS) is 31.8. The number of aromatic nitrogens is 2. The first-order valence-electron chi connectivity index (χ1n) is 10.00. The molecule has 25 heavy (non-hydrogen) atoms. The van der Waals surface area contributed by atoms with Crippen LogP contribution >= 0.6 is 0 Å². The van der Waals surface area contributed by atoms with E-state index in [2.05, 4.69) is 34.7 Å². The number of hydrogen-bond donors (Lipinski definition) is 0. The number of amides is 1. The van der Waals surface area contributed by atoms with Crippen LogP contribution in [0.2, 0.25) is 0 Å². The topological polar surface area (TPSA) is 47.4 Å². The highest BCUT2D eigenvalue weighted by molar-refractivity contribution is 5.84. The van der Waals surface area contributed by atoms with Gasteiger partial charge in [-0.05, 0) is 51.0 Å². The molecule has 3 saturated heterocycles. The van der Waals surface area contributed by atoms with E-state index in [9.17, 15) is 4.79 Å². The third-order valence-corrected chi connectivity index (χ3v) is 6.10.